The van der Waals surface area contributed by atoms with Crippen molar-refractivity contribution in [2.45, 2.75) is 51.5 Å². The fraction of sp³-hybridized carbons (Fsp3) is 0.857. The summed E-state index contributed by atoms with van der Waals surface area (Å²) in [6.07, 6.45) is 6.96. The molecule has 110 valence electrons. The number of nitrogens with one attached hydrogen (secondary N) is 1. The van der Waals surface area contributed by atoms with Crippen LogP contribution < -0.4 is 5.32 Å². The van der Waals surface area contributed by atoms with Crippen LogP contribution in [-0.2, 0) is 9.59 Å². The summed E-state index contributed by atoms with van der Waals surface area (Å²) in [4.78, 5) is 22.2. The molecule has 5 heteroatoms. The fourth-order valence-corrected chi connectivity index (χ4v) is 2.71. The molecule has 0 radical (unpaired) electrons. The maximum absolute atomic E-state index is 9.87. The number of carbonyl (C=O) groups excluding carboxylic acids is 1. The minimum absolute atomic E-state index is 0.312. The number of ketones is 1. The van der Waals surface area contributed by atoms with E-state index in [1.165, 1.54) is 65.2 Å². The van der Waals surface area contributed by atoms with E-state index in [0.29, 0.717) is 0 Å². The summed E-state index contributed by atoms with van der Waals surface area (Å²) in [5.74, 6) is -1.37. The number of carboxylic acid groups (broad SMARTS) is 1. The van der Waals surface area contributed by atoms with Crippen molar-refractivity contribution < 1.29 is 14.7 Å². The number of rotatable bonds is 3. The van der Waals surface area contributed by atoms with Gasteiger partial charge in [-0.15, -0.1) is 0 Å². The van der Waals surface area contributed by atoms with Gasteiger partial charge in [0.25, 0.3) is 0 Å². The zero-order valence-corrected chi connectivity index (χ0v) is 11.9. The second-order valence-corrected chi connectivity index (χ2v) is 5.35. The molecule has 0 aromatic carbocycles. The fourth-order valence-electron chi connectivity index (χ4n) is 2.71. The zero-order valence-electron chi connectivity index (χ0n) is 11.9. The Hall–Kier alpha value is -0.940. The molecule has 1 aliphatic carbocycles. The smallest absolute Gasteiger partial charge is 0.310 e. The van der Waals surface area contributed by atoms with E-state index in [1.807, 2.05) is 0 Å². The van der Waals surface area contributed by atoms with E-state index in [4.69, 9.17) is 5.11 Å². The Kier molecular flexibility index (Phi) is 7.67. The van der Waals surface area contributed by atoms with Gasteiger partial charge in [-0.3, -0.25) is 14.5 Å². The van der Waals surface area contributed by atoms with Crippen LogP contribution in [0.15, 0.2) is 0 Å². The van der Waals surface area contributed by atoms with Crippen LogP contribution in [0.3, 0.4) is 0 Å². The Morgan fingerprint density at radius 3 is 2.16 bits per heavy atom. The van der Waals surface area contributed by atoms with Crippen molar-refractivity contribution in [3.63, 3.8) is 0 Å². The minimum Gasteiger partial charge on any atom is -0.481 e. The second kappa shape index (κ2) is 9.04. The van der Waals surface area contributed by atoms with Gasteiger partial charge in [-0.2, -0.15) is 0 Å². The minimum atomic E-state index is -1.06. The molecular formula is C14H26N2O3. The van der Waals surface area contributed by atoms with E-state index in [0.717, 1.165) is 6.04 Å². The number of Topliss-reactive ketones (excluding diaryl/α,β-unsaturated/α-hetero) is 1. The van der Waals surface area contributed by atoms with Crippen LogP contribution >= 0.6 is 0 Å². The van der Waals surface area contributed by atoms with Crippen molar-refractivity contribution in [2.24, 2.45) is 0 Å². The van der Waals surface area contributed by atoms with Gasteiger partial charge in [-0.25, -0.2) is 0 Å². The number of aliphatic carboxylic acids is 1. The Labute approximate surface area is 115 Å². The monoisotopic (exact) mass is 270 g/mol. The lowest BCUT2D eigenvalue weighted by atomic mass is 9.94. The van der Waals surface area contributed by atoms with E-state index in [9.17, 15) is 9.59 Å². The molecule has 2 fully saturated rings. The molecule has 19 heavy (non-hydrogen) atoms. The average Bonchev–Trinajstić information content (AvgIpc) is 2.40. The first-order valence-corrected chi connectivity index (χ1v) is 7.25. The summed E-state index contributed by atoms with van der Waals surface area (Å²) in [6, 6.07) is 0.931. The van der Waals surface area contributed by atoms with Crippen LogP contribution in [0.5, 0.6) is 0 Å². The lowest BCUT2D eigenvalue weighted by Gasteiger charge is -2.36. The summed E-state index contributed by atoms with van der Waals surface area (Å²) in [5, 5.41) is 11.3. The molecule has 2 N–H and O–H groups in total. The lowest BCUT2D eigenvalue weighted by molar-refractivity contribution is -0.139. The van der Waals surface area contributed by atoms with Gasteiger partial charge in [-0.1, -0.05) is 19.3 Å². The average molecular weight is 270 g/mol. The van der Waals surface area contributed by atoms with Crippen LogP contribution in [0, 0.1) is 0 Å². The summed E-state index contributed by atoms with van der Waals surface area (Å²) >= 11 is 0. The quantitative estimate of drug-likeness (QED) is 0.756. The van der Waals surface area contributed by atoms with Gasteiger partial charge in [0.1, 0.15) is 12.2 Å². The van der Waals surface area contributed by atoms with Crippen molar-refractivity contribution >= 4 is 11.8 Å². The number of hydrogen-bond acceptors (Lipinski definition) is 4. The Morgan fingerprint density at radius 1 is 1.16 bits per heavy atom. The third kappa shape index (κ3) is 7.28. The van der Waals surface area contributed by atoms with Gasteiger partial charge in [-0.05, 0) is 19.8 Å². The molecule has 1 aliphatic heterocycles. The van der Waals surface area contributed by atoms with Crippen LogP contribution in [0.4, 0.5) is 0 Å². The molecule has 0 spiro atoms. The SMILES string of the molecule is C1CCC(N2CCNCC2)CC1.CC(=O)CC(=O)O. The molecule has 0 atom stereocenters. The number of carboxylic acids is 1. The molecule has 5 nitrogen and oxygen atoms in total. The molecule has 0 bridgehead atoms. The highest BCUT2D eigenvalue weighted by molar-refractivity contribution is 5.93. The molecule has 0 aromatic heterocycles. The maximum Gasteiger partial charge on any atom is 0.310 e. The van der Waals surface area contributed by atoms with E-state index < -0.39 is 5.97 Å². The summed E-state index contributed by atoms with van der Waals surface area (Å²) in [7, 11) is 0. The van der Waals surface area contributed by atoms with Crippen molar-refractivity contribution in [1.82, 2.24) is 10.2 Å². The third-order valence-corrected chi connectivity index (χ3v) is 3.64. The predicted molar refractivity (Wildman–Crippen MR) is 74.2 cm³/mol. The number of nitrogens with zero attached hydrogens (tertiary/aromatic N) is 1. The summed E-state index contributed by atoms with van der Waals surface area (Å²) < 4.78 is 0. The molecule has 0 aromatic rings. The Bertz CT molecular complexity index is 254. The number of carbonyl (C=O) groups is 2. The molecule has 1 heterocycles. The summed E-state index contributed by atoms with van der Waals surface area (Å²) in [6.45, 7) is 6.22. The molecule has 2 aliphatic rings. The molecule has 0 amide bonds. The van der Waals surface area contributed by atoms with Crippen LogP contribution in [0.25, 0.3) is 0 Å². The standard InChI is InChI=1S/C10H20N2.C4H6O3/c1-2-4-10(5-3-1)12-8-6-11-7-9-12;1-3(5)2-4(6)7/h10-11H,1-9H2;2H2,1H3,(H,6,7). The van der Waals surface area contributed by atoms with Crippen molar-refractivity contribution in [2.75, 3.05) is 26.2 Å². The number of hydrogen-bond donors (Lipinski definition) is 2. The predicted octanol–water partition coefficient (Wildman–Crippen LogP) is 1.27. The van der Waals surface area contributed by atoms with Gasteiger partial charge in [0.2, 0.25) is 0 Å². The maximum atomic E-state index is 9.87. The third-order valence-electron chi connectivity index (χ3n) is 3.64. The molecule has 1 saturated heterocycles. The zero-order chi connectivity index (χ0) is 14.1. The largest absolute Gasteiger partial charge is 0.481 e. The topological polar surface area (TPSA) is 69.6 Å². The highest BCUT2D eigenvalue weighted by Crippen LogP contribution is 2.22. The van der Waals surface area contributed by atoms with Gasteiger partial charge < -0.3 is 10.4 Å². The van der Waals surface area contributed by atoms with E-state index in [1.54, 1.807) is 0 Å². The first-order valence-electron chi connectivity index (χ1n) is 7.25. The van der Waals surface area contributed by atoms with Crippen LogP contribution in [0.1, 0.15) is 45.4 Å². The Morgan fingerprint density at radius 2 is 1.74 bits per heavy atom. The summed E-state index contributed by atoms with van der Waals surface area (Å²) in [5.41, 5.74) is 0. The normalized spacial score (nSPS) is 21.3. The molecule has 0 unspecified atom stereocenters. The van der Waals surface area contributed by atoms with Crippen molar-refractivity contribution in [1.29, 1.82) is 0 Å². The molecular weight excluding hydrogens is 244 g/mol. The molecule has 1 saturated carbocycles. The van der Waals surface area contributed by atoms with Gasteiger partial charge >= 0.3 is 5.97 Å². The van der Waals surface area contributed by atoms with Crippen molar-refractivity contribution in [3.8, 4) is 0 Å². The van der Waals surface area contributed by atoms with Gasteiger partial charge in [0, 0.05) is 32.2 Å². The Balaban J connectivity index is 0.000000224. The first-order chi connectivity index (χ1) is 9.09. The lowest BCUT2D eigenvalue weighted by Crippen LogP contribution is -2.48. The highest BCUT2D eigenvalue weighted by atomic mass is 16.4. The second-order valence-electron chi connectivity index (χ2n) is 5.35. The van der Waals surface area contributed by atoms with Crippen molar-refractivity contribution in [3.05, 3.63) is 0 Å². The van der Waals surface area contributed by atoms with Crippen LogP contribution in [0.2, 0.25) is 0 Å². The number of piperazine rings is 1. The van der Waals surface area contributed by atoms with Crippen LogP contribution in [-0.4, -0.2) is 54.0 Å². The van der Waals surface area contributed by atoms with E-state index >= 15 is 0 Å². The van der Waals surface area contributed by atoms with E-state index in [-0.39, 0.29) is 12.2 Å². The first kappa shape index (κ1) is 16.1. The van der Waals surface area contributed by atoms with Gasteiger partial charge in [0.05, 0.1) is 0 Å². The van der Waals surface area contributed by atoms with Gasteiger partial charge in [0.15, 0.2) is 0 Å². The highest BCUT2D eigenvalue weighted by Gasteiger charge is 2.21. The van der Waals surface area contributed by atoms with E-state index in [2.05, 4.69) is 10.2 Å². The molecule has 2 rings (SSSR count).